The zero-order chi connectivity index (χ0) is 18.3. The minimum Gasteiger partial charge on any atom is -0.391 e. The Hall–Kier alpha value is -1.77. The van der Waals surface area contributed by atoms with Crippen molar-refractivity contribution in [3.05, 3.63) is 34.1 Å². The van der Waals surface area contributed by atoms with Crippen LogP contribution in [0.4, 0.5) is 5.13 Å². The molecule has 2 N–H and O–H groups in total. The number of nitrogens with one attached hydrogen (secondary N) is 1. The Kier molecular flexibility index (Phi) is 4.81. The first-order chi connectivity index (χ1) is 12.5. The SMILES string of the molecule is Cc1nnc(N2C[C@H]3C[C@H](O)[C@@H](NC(=O)c4ccc(Cl)cn4)C[C@H]3C2)s1. The van der Waals surface area contributed by atoms with Gasteiger partial charge in [0.05, 0.1) is 17.2 Å². The lowest BCUT2D eigenvalue weighted by atomic mass is 9.77. The molecule has 2 aromatic heterocycles. The molecule has 0 bridgehead atoms. The molecule has 2 aromatic rings. The summed E-state index contributed by atoms with van der Waals surface area (Å²) in [6.07, 6.45) is 2.32. The standard InChI is InChI=1S/C17H20ClN5O2S/c1-9-21-22-17(26-9)23-7-10-4-14(15(24)5-11(10)8-23)20-16(25)13-3-2-12(18)6-19-13/h2-3,6,10-11,14-15,24H,4-5,7-8H2,1H3,(H,20,25)/t10-,11+,14-,15-/m0/s1. The number of carbonyl (C=O) groups is 1. The molecule has 2 aliphatic rings. The number of hydrogen-bond acceptors (Lipinski definition) is 7. The molecule has 1 amide bonds. The number of halogens is 1. The van der Waals surface area contributed by atoms with Gasteiger partial charge in [-0.1, -0.05) is 22.9 Å². The van der Waals surface area contributed by atoms with Crippen LogP contribution in [0.15, 0.2) is 18.3 Å². The summed E-state index contributed by atoms with van der Waals surface area (Å²) in [5.74, 6) is 0.556. The van der Waals surface area contributed by atoms with Gasteiger partial charge in [0.2, 0.25) is 5.13 Å². The minimum absolute atomic E-state index is 0.266. The Bertz CT molecular complexity index is 799. The molecule has 0 radical (unpaired) electrons. The van der Waals surface area contributed by atoms with E-state index in [1.165, 1.54) is 6.20 Å². The van der Waals surface area contributed by atoms with Gasteiger partial charge in [-0.2, -0.15) is 0 Å². The number of carbonyl (C=O) groups excluding carboxylic acids is 1. The molecule has 1 aliphatic carbocycles. The number of fused-ring (bicyclic) bond motifs is 1. The van der Waals surface area contributed by atoms with E-state index in [-0.39, 0.29) is 11.9 Å². The highest BCUT2D eigenvalue weighted by Gasteiger charge is 2.43. The van der Waals surface area contributed by atoms with Gasteiger partial charge >= 0.3 is 0 Å². The van der Waals surface area contributed by atoms with E-state index in [0.29, 0.717) is 29.0 Å². The van der Waals surface area contributed by atoms with E-state index >= 15 is 0 Å². The number of aromatic nitrogens is 3. The van der Waals surface area contributed by atoms with Crippen LogP contribution in [0, 0.1) is 18.8 Å². The first kappa shape index (κ1) is 17.6. The molecule has 7 nitrogen and oxygen atoms in total. The summed E-state index contributed by atoms with van der Waals surface area (Å²) in [5.41, 5.74) is 0.307. The fourth-order valence-electron chi connectivity index (χ4n) is 3.91. The number of pyridine rings is 1. The summed E-state index contributed by atoms with van der Waals surface area (Å²) in [5, 5.41) is 24.2. The number of nitrogens with zero attached hydrogens (tertiary/aromatic N) is 4. The van der Waals surface area contributed by atoms with Gasteiger partial charge in [-0.15, -0.1) is 10.2 Å². The Morgan fingerprint density at radius 1 is 1.31 bits per heavy atom. The lowest BCUT2D eigenvalue weighted by Gasteiger charge is -2.35. The van der Waals surface area contributed by atoms with Gasteiger partial charge in [-0.05, 0) is 43.7 Å². The molecular weight excluding hydrogens is 374 g/mol. The van der Waals surface area contributed by atoms with Gasteiger partial charge in [0.15, 0.2) is 0 Å². The lowest BCUT2D eigenvalue weighted by molar-refractivity contribution is 0.0460. The van der Waals surface area contributed by atoms with Gasteiger partial charge in [-0.3, -0.25) is 4.79 Å². The molecule has 0 spiro atoms. The van der Waals surface area contributed by atoms with E-state index in [0.717, 1.165) is 29.6 Å². The van der Waals surface area contributed by atoms with E-state index < -0.39 is 6.10 Å². The Morgan fingerprint density at radius 2 is 2.08 bits per heavy atom. The van der Waals surface area contributed by atoms with Crippen LogP contribution in [0.5, 0.6) is 0 Å². The number of aryl methyl sites for hydroxylation is 1. The number of hydrogen-bond donors (Lipinski definition) is 2. The van der Waals surface area contributed by atoms with Crippen LogP contribution < -0.4 is 10.2 Å². The molecule has 4 rings (SSSR count). The fraction of sp³-hybridized carbons (Fsp3) is 0.529. The Labute approximate surface area is 160 Å². The van der Waals surface area contributed by atoms with Crippen molar-refractivity contribution in [2.24, 2.45) is 11.8 Å². The number of rotatable bonds is 3. The topological polar surface area (TPSA) is 91.2 Å². The summed E-state index contributed by atoms with van der Waals surface area (Å²) in [4.78, 5) is 18.7. The predicted molar refractivity (Wildman–Crippen MR) is 99.6 cm³/mol. The van der Waals surface area contributed by atoms with Gasteiger partial charge in [-0.25, -0.2) is 4.98 Å². The molecule has 26 heavy (non-hydrogen) atoms. The second kappa shape index (κ2) is 7.09. The predicted octanol–water partition coefficient (Wildman–Crippen LogP) is 1.90. The van der Waals surface area contributed by atoms with E-state index in [2.05, 4.69) is 25.4 Å². The quantitative estimate of drug-likeness (QED) is 0.827. The maximum Gasteiger partial charge on any atom is 0.270 e. The van der Waals surface area contributed by atoms with Crippen molar-refractivity contribution >= 4 is 34.0 Å². The number of amides is 1. The maximum atomic E-state index is 12.4. The highest BCUT2D eigenvalue weighted by molar-refractivity contribution is 7.15. The molecule has 1 aliphatic heterocycles. The molecule has 1 saturated heterocycles. The van der Waals surface area contributed by atoms with Crippen LogP contribution in [0.3, 0.4) is 0 Å². The van der Waals surface area contributed by atoms with Crippen LogP contribution in [-0.2, 0) is 0 Å². The van der Waals surface area contributed by atoms with Gasteiger partial charge in [0.25, 0.3) is 5.91 Å². The second-order valence-corrected chi connectivity index (χ2v) is 8.61. The minimum atomic E-state index is -0.552. The second-order valence-electron chi connectivity index (χ2n) is 7.01. The average Bonchev–Trinajstić information content (AvgIpc) is 3.21. The van der Waals surface area contributed by atoms with Crippen LogP contribution in [0.25, 0.3) is 0 Å². The van der Waals surface area contributed by atoms with Gasteiger partial charge in [0, 0.05) is 19.3 Å². The largest absolute Gasteiger partial charge is 0.391 e. The van der Waals surface area contributed by atoms with E-state index in [1.807, 2.05) is 6.92 Å². The van der Waals surface area contributed by atoms with Crippen molar-refractivity contribution in [1.29, 1.82) is 0 Å². The molecule has 2 fully saturated rings. The fourth-order valence-corrected chi connectivity index (χ4v) is 4.73. The lowest BCUT2D eigenvalue weighted by Crippen LogP contribution is -2.49. The van der Waals surface area contributed by atoms with Crippen LogP contribution in [0.1, 0.15) is 28.3 Å². The third-order valence-corrected chi connectivity index (χ3v) is 6.33. The first-order valence-electron chi connectivity index (χ1n) is 8.65. The van der Waals surface area contributed by atoms with Crippen molar-refractivity contribution < 1.29 is 9.90 Å². The van der Waals surface area contributed by atoms with Crippen LogP contribution in [0.2, 0.25) is 5.02 Å². The van der Waals surface area contributed by atoms with Crippen molar-refractivity contribution in [3.63, 3.8) is 0 Å². The van der Waals surface area contributed by atoms with Gasteiger partial charge in [0.1, 0.15) is 10.7 Å². The molecule has 4 atom stereocenters. The molecule has 1 saturated carbocycles. The monoisotopic (exact) mass is 393 g/mol. The molecule has 0 unspecified atom stereocenters. The Morgan fingerprint density at radius 3 is 2.73 bits per heavy atom. The summed E-state index contributed by atoms with van der Waals surface area (Å²) < 4.78 is 0. The van der Waals surface area contributed by atoms with E-state index in [4.69, 9.17) is 11.6 Å². The van der Waals surface area contributed by atoms with Crippen LogP contribution >= 0.6 is 22.9 Å². The highest BCUT2D eigenvalue weighted by atomic mass is 35.5. The molecule has 3 heterocycles. The summed E-state index contributed by atoms with van der Waals surface area (Å²) in [6.45, 7) is 3.72. The smallest absolute Gasteiger partial charge is 0.270 e. The van der Waals surface area contributed by atoms with E-state index in [9.17, 15) is 9.90 Å². The molecular formula is C17H20ClN5O2S. The highest BCUT2D eigenvalue weighted by Crippen LogP contribution is 2.39. The van der Waals surface area contributed by atoms with Crippen molar-refractivity contribution in [3.8, 4) is 0 Å². The van der Waals surface area contributed by atoms with Crippen molar-refractivity contribution in [2.45, 2.75) is 31.9 Å². The number of aliphatic hydroxyl groups excluding tert-OH is 1. The zero-order valence-corrected chi connectivity index (χ0v) is 15.9. The first-order valence-corrected chi connectivity index (χ1v) is 9.84. The average molecular weight is 394 g/mol. The molecule has 138 valence electrons. The zero-order valence-electron chi connectivity index (χ0n) is 14.3. The number of aliphatic hydroxyl groups is 1. The molecule has 0 aromatic carbocycles. The van der Waals surface area contributed by atoms with Gasteiger partial charge < -0.3 is 15.3 Å². The third kappa shape index (κ3) is 3.54. The van der Waals surface area contributed by atoms with Crippen molar-refractivity contribution in [2.75, 3.05) is 18.0 Å². The van der Waals surface area contributed by atoms with E-state index in [1.54, 1.807) is 23.5 Å². The summed E-state index contributed by atoms with van der Waals surface area (Å²) >= 11 is 7.40. The summed E-state index contributed by atoms with van der Waals surface area (Å²) in [7, 11) is 0. The maximum absolute atomic E-state index is 12.4. The third-order valence-electron chi connectivity index (χ3n) is 5.20. The Balaban J connectivity index is 1.41. The number of anilines is 1. The normalized spacial score (nSPS) is 28.0. The molecule has 9 heteroatoms. The summed E-state index contributed by atoms with van der Waals surface area (Å²) in [6, 6.07) is 2.96. The van der Waals surface area contributed by atoms with Crippen molar-refractivity contribution in [1.82, 2.24) is 20.5 Å². The van der Waals surface area contributed by atoms with Crippen LogP contribution in [-0.4, -0.2) is 51.4 Å².